The van der Waals surface area contributed by atoms with E-state index >= 15 is 0 Å². The van der Waals surface area contributed by atoms with Gasteiger partial charge in [-0.15, -0.1) is 3.63 Å². The molecule has 8 bridgehead atoms. The minimum atomic E-state index is -4.92. The van der Waals surface area contributed by atoms with Gasteiger partial charge in [0.2, 0.25) is 0 Å². The van der Waals surface area contributed by atoms with E-state index in [1.165, 1.54) is 0 Å². The van der Waals surface area contributed by atoms with E-state index < -0.39 is 124 Å². The van der Waals surface area contributed by atoms with Gasteiger partial charge >= 0.3 is 0 Å². The van der Waals surface area contributed by atoms with Gasteiger partial charge in [0, 0.05) is 23.0 Å². The second kappa shape index (κ2) is 16.9. The largest absolute Gasteiger partial charge is 0.299 e. The van der Waals surface area contributed by atoms with E-state index in [1.807, 2.05) is 79.7 Å². The monoisotopic (exact) mass is 1110 g/mol. The van der Waals surface area contributed by atoms with Crippen LogP contribution in [-0.2, 0) is 76.1 Å². The third-order valence-electron chi connectivity index (χ3n) is 22.2. The smallest absolute Gasteiger partial charge is 0.282 e. The molecule has 10 atom stereocenters. The average molecular weight is 1110 g/mol. The van der Waals surface area contributed by atoms with Crippen molar-refractivity contribution in [2.24, 2.45) is 78.8 Å². The van der Waals surface area contributed by atoms with Crippen molar-refractivity contribution in [3.05, 3.63) is 81.9 Å². The molecule has 0 aromatic heterocycles. The Morgan fingerprint density at radius 2 is 0.787 bits per heavy atom. The van der Waals surface area contributed by atoms with E-state index in [2.05, 4.69) is 0 Å². The summed E-state index contributed by atoms with van der Waals surface area (Å²) < 4.78 is 129. The van der Waals surface area contributed by atoms with Crippen LogP contribution >= 0.6 is 0 Å². The standard InChI is InChI=1S/C56H70O15S4/c1-49(2)41-17-21-53(49,29-72(61,62)63)45(57)37(41)25-33-9-13-35(14-10-33)27-39-43-19-23-55(47(39)59,51(43,5)6)31-74(67,68)71-75(69,70)32-56-24-20-44(52(56,7)8)40(48(56)60)28-36-15-11-34(12-16-36)26-38-42-18-22-54(46(38)58,50(42,3)4)30-73(64,65)66/h9-16,25,27,38,40-44H,17-24,26,28-32H2,1-8H3,(H,61,62,63)(H,64,65,66)/b37-25?,39-27+. The summed E-state index contributed by atoms with van der Waals surface area (Å²) >= 11 is 0. The number of hydrogen-bond donors (Lipinski definition) is 2. The van der Waals surface area contributed by atoms with Gasteiger partial charge in [-0.1, -0.05) is 104 Å². The Labute approximate surface area is 442 Å². The summed E-state index contributed by atoms with van der Waals surface area (Å²) in [4.78, 5) is 56.7. The predicted molar refractivity (Wildman–Crippen MR) is 280 cm³/mol. The third kappa shape index (κ3) is 8.01. The maximum atomic E-state index is 14.6. The maximum absolute atomic E-state index is 14.6. The SMILES string of the molecule is CC1(C)C2CCC1(CS(=O)(=O)O)C(=O)C2=Cc1ccc(/C=C2/C(=O)C3(CS(=O)(=O)OS(=O)(=O)CC45CCC(C(Cc6ccc(CC7C(=O)C8(CS(=O)(=O)O)CCC7C8(C)C)cc6)C4=O)C5(C)C)CCC2C3(C)C)cc1. The molecule has 2 N–H and O–H groups in total. The zero-order valence-corrected chi connectivity index (χ0v) is 47.2. The molecular formula is C56H70O15S4. The first-order valence-electron chi connectivity index (χ1n) is 26.3. The Morgan fingerprint density at radius 3 is 1.16 bits per heavy atom. The Balaban J connectivity index is 0.807. The molecule has 10 rings (SSSR count). The number of benzene rings is 2. The molecule has 0 aliphatic heterocycles. The fraction of sp³-hybridized carbons (Fsp3) is 0.643. The van der Waals surface area contributed by atoms with Crippen molar-refractivity contribution in [3.63, 3.8) is 0 Å². The lowest BCUT2D eigenvalue weighted by molar-refractivity contribution is -0.132. The summed E-state index contributed by atoms with van der Waals surface area (Å²) in [5.74, 6) is -5.68. The molecule has 2 aromatic carbocycles. The molecular weight excluding hydrogens is 1040 g/mol. The van der Waals surface area contributed by atoms with Crippen LogP contribution in [0.5, 0.6) is 0 Å². The first-order valence-corrected chi connectivity index (χ1v) is 32.6. The van der Waals surface area contributed by atoms with Gasteiger partial charge in [0.1, 0.15) is 11.6 Å². The lowest BCUT2D eigenvalue weighted by Crippen LogP contribution is -2.45. The van der Waals surface area contributed by atoms with Crippen LogP contribution in [0.1, 0.15) is 129 Å². The van der Waals surface area contributed by atoms with Crippen molar-refractivity contribution in [2.75, 3.05) is 23.0 Å². The minimum absolute atomic E-state index is 0.0421. The molecule has 19 heteroatoms. The Bertz CT molecular complexity index is 3370. The average Bonchev–Trinajstić information content (AvgIpc) is 4.00. The van der Waals surface area contributed by atoms with Crippen LogP contribution in [0.15, 0.2) is 59.7 Å². The van der Waals surface area contributed by atoms with Gasteiger partial charge in [-0.3, -0.25) is 28.3 Å². The normalized spacial score (nSPS) is 37.0. The number of Topliss-reactive ketones (excluding diaryl/α,β-unsaturated/α-hetero) is 4. The van der Waals surface area contributed by atoms with E-state index in [9.17, 15) is 62.0 Å². The summed E-state index contributed by atoms with van der Waals surface area (Å²) in [6, 6.07) is 14.7. The van der Waals surface area contributed by atoms with Crippen LogP contribution < -0.4 is 0 Å². The second-order valence-electron chi connectivity index (χ2n) is 26.3. The first-order chi connectivity index (χ1) is 34.4. The topological polar surface area (TPSA) is 255 Å². The van der Waals surface area contributed by atoms with Gasteiger partial charge in [0.15, 0.2) is 11.6 Å². The molecule has 0 heterocycles. The molecule has 8 fully saturated rings. The van der Waals surface area contributed by atoms with Crippen LogP contribution in [0.3, 0.4) is 0 Å². The van der Waals surface area contributed by atoms with Crippen molar-refractivity contribution in [2.45, 2.75) is 120 Å². The number of carbonyl (C=O) groups is 4. The minimum Gasteiger partial charge on any atom is -0.299 e. The molecule has 2 aromatic rings. The number of hydrogen-bond acceptors (Lipinski definition) is 13. The van der Waals surface area contributed by atoms with Crippen molar-refractivity contribution >= 4 is 75.8 Å². The molecule has 15 nitrogen and oxygen atoms in total. The number of allylic oxidation sites excluding steroid dienone is 2. The Hall–Kier alpha value is -3.72. The molecule has 8 saturated carbocycles. The fourth-order valence-corrected chi connectivity index (χ4v) is 24.4. The second-order valence-corrected chi connectivity index (χ2v) is 32.6. The fourth-order valence-electron chi connectivity index (χ4n) is 17.7. The van der Waals surface area contributed by atoms with Crippen LogP contribution in [0.2, 0.25) is 0 Å². The molecule has 8 aliphatic rings. The lowest BCUT2D eigenvalue weighted by Gasteiger charge is -2.36. The van der Waals surface area contributed by atoms with E-state index in [1.54, 1.807) is 36.4 Å². The number of fused-ring (bicyclic) bond motifs is 8. The highest BCUT2D eigenvalue weighted by molar-refractivity contribution is 7.99. The molecule has 0 saturated heterocycles. The van der Waals surface area contributed by atoms with Gasteiger partial charge in [-0.25, -0.2) is 0 Å². The van der Waals surface area contributed by atoms with E-state index in [-0.39, 0.29) is 53.9 Å². The van der Waals surface area contributed by atoms with Gasteiger partial charge in [-0.05, 0) is 144 Å². The zero-order chi connectivity index (χ0) is 54.9. The van der Waals surface area contributed by atoms with E-state index in [4.69, 9.17) is 3.63 Å². The summed E-state index contributed by atoms with van der Waals surface area (Å²) in [5.41, 5.74) is -4.25. The van der Waals surface area contributed by atoms with Crippen molar-refractivity contribution in [3.8, 4) is 0 Å². The highest BCUT2D eigenvalue weighted by atomic mass is 32.3. The zero-order valence-electron chi connectivity index (χ0n) is 44.0. The van der Waals surface area contributed by atoms with E-state index in [0.717, 1.165) is 11.1 Å². The van der Waals surface area contributed by atoms with Crippen molar-refractivity contribution < 1.29 is 65.6 Å². The summed E-state index contributed by atoms with van der Waals surface area (Å²) in [6.07, 6.45) is 7.78. The van der Waals surface area contributed by atoms with Gasteiger partial charge in [0.25, 0.3) is 40.5 Å². The number of carbonyl (C=O) groups excluding carboxylic acids is 4. The van der Waals surface area contributed by atoms with Gasteiger partial charge in [-0.2, -0.15) is 33.7 Å². The van der Waals surface area contributed by atoms with E-state index in [0.29, 0.717) is 73.6 Å². The summed E-state index contributed by atoms with van der Waals surface area (Å²) in [5, 5.41) is 0. The van der Waals surface area contributed by atoms with Gasteiger partial charge in [0.05, 0.1) is 44.7 Å². The van der Waals surface area contributed by atoms with Crippen molar-refractivity contribution in [1.29, 1.82) is 0 Å². The molecule has 0 amide bonds. The molecule has 10 unspecified atom stereocenters. The molecule has 408 valence electrons. The van der Waals surface area contributed by atoms with Crippen LogP contribution in [0.25, 0.3) is 12.2 Å². The molecule has 8 aliphatic carbocycles. The van der Waals surface area contributed by atoms with Crippen LogP contribution in [-0.4, -0.2) is 88.9 Å². The Kier molecular flexibility index (Phi) is 12.3. The highest BCUT2D eigenvalue weighted by Crippen LogP contribution is 2.70. The number of ketones is 4. The lowest BCUT2D eigenvalue weighted by atomic mass is 9.70. The maximum Gasteiger partial charge on any atom is 0.282 e. The summed E-state index contributed by atoms with van der Waals surface area (Å²) in [6.45, 7) is 14.9. The number of rotatable bonds is 16. The van der Waals surface area contributed by atoms with Crippen LogP contribution in [0.4, 0.5) is 0 Å². The van der Waals surface area contributed by atoms with Crippen LogP contribution in [0, 0.1) is 78.8 Å². The Morgan fingerprint density at radius 1 is 0.467 bits per heavy atom. The quantitative estimate of drug-likeness (QED) is 0.119. The predicted octanol–water partition coefficient (Wildman–Crippen LogP) is 7.94. The highest BCUT2D eigenvalue weighted by Gasteiger charge is 2.72. The molecule has 0 spiro atoms. The van der Waals surface area contributed by atoms with Crippen molar-refractivity contribution in [1.82, 2.24) is 0 Å². The summed E-state index contributed by atoms with van der Waals surface area (Å²) in [7, 11) is -18.6. The van der Waals surface area contributed by atoms with Gasteiger partial charge < -0.3 is 0 Å². The molecule has 75 heavy (non-hydrogen) atoms. The molecule has 0 radical (unpaired) electrons. The third-order valence-corrected chi connectivity index (χ3v) is 27.2. The first kappa shape index (κ1) is 54.6.